The van der Waals surface area contributed by atoms with Gasteiger partial charge in [-0.05, 0) is 38.8 Å². The molecule has 0 radical (unpaired) electrons. The van der Waals surface area contributed by atoms with E-state index in [-0.39, 0.29) is 42.3 Å². The van der Waals surface area contributed by atoms with Crippen molar-refractivity contribution in [3.05, 3.63) is 41.2 Å². The largest absolute Gasteiger partial charge is 0.481 e. The Hall–Kier alpha value is -3.92. The molecule has 0 spiro atoms. The third-order valence-corrected chi connectivity index (χ3v) is 8.37. The summed E-state index contributed by atoms with van der Waals surface area (Å²) in [5.41, 5.74) is 5.38. The highest BCUT2D eigenvalue weighted by atomic mass is 32.2. The van der Waals surface area contributed by atoms with Crippen LogP contribution in [0.5, 0.6) is 0 Å². The summed E-state index contributed by atoms with van der Waals surface area (Å²) in [5, 5.41) is 18.5. The van der Waals surface area contributed by atoms with Gasteiger partial charge in [0.15, 0.2) is 5.13 Å². The number of alkyl carbamates (subject to hydrolysis) is 1. The second-order valence-electron chi connectivity index (χ2n) is 10.8. The summed E-state index contributed by atoms with van der Waals surface area (Å²) in [5.74, 6) is -1.83. The van der Waals surface area contributed by atoms with Gasteiger partial charge in [-0.25, -0.2) is 4.79 Å². The number of nitrogens with zero attached hydrogens (tertiary/aromatic N) is 4. The van der Waals surface area contributed by atoms with Crippen LogP contribution in [0, 0.1) is 5.41 Å². The van der Waals surface area contributed by atoms with E-state index in [0.717, 1.165) is 22.7 Å². The average molecular weight is 606 g/mol. The SMILES string of the molecule is CC(C)(C)OC(=O)NCc1ccc(CON=C(C(=O)NC2C(=O)N3CC(C)(C(=O)O)CS[C@H]23)c2nsc(N)n2)cc1. The fourth-order valence-electron chi connectivity index (χ4n) is 3.97. The Kier molecular flexibility index (Phi) is 8.72. The lowest BCUT2D eigenvalue weighted by molar-refractivity contribution is -0.157. The lowest BCUT2D eigenvalue weighted by atomic mass is 9.89. The number of anilines is 1. The fourth-order valence-corrected chi connectivity index (χ4v) is 5.89. The summed E-state index contributed by atoms with van der Waals surface area (Å²) >= 11 is 2.17. The maximum Gasteiger partial charge on any atom is 0.407 e. The molecule has 2 unspecified atom stereocenters. The lowest BCUT2D eigenvalue weighted by Crippen LogP contribution is -2.73. The number of hydrogen-bond acceptors (Lipinski definition) is 12. The molecule has 2 fully saturated rings. The summed E-state index contributed by atoms with van der Waals surface area (Å²) in [6.45, 7) is 7.30. The Morgan fingerprint density at radius 1 is 1.24 bits per heavy atom. The van der Waals surface area contributed by atoms with Gasteiger partial charge in [0, 0.05) is 30.4 Å². The van der Waals surface area contributed by atoms with Crippen molar-refractivity contribution >= 4 is 58.0 Å². The summed E-state index contributed by atoms with van der Waals surface area (Å²) in [4.78, 5) is 60.2. The predicted molar refractivity (Wildman–Crippen MR) is 151 cm³/mol. The number of amides is 3. The van der Waals surface area contributed by atoms with Gasteiger partial charge in [0.05, 0.1) is 5.41 Å². The number of hydrogen-bond donors (Lipinski definition) is 4. The summed E-state index contributed by atoms with van der Waals surface area (Å²) in [7, 11) is 0. The highest BCUT2D eigenvalue weighted by Crippen LogP contribution is 2.41. The number of carboxylic acids is 1. The number of nitrogens with two attached hydrogens (primary N) is 1. The van der Waals surface area contributed by atoms with Crippen molar-refractivity contribution in [1.29, 1.82) is 0 Å². The second-order valence-corrected chi connectivity index (χ2v) is 12.7. The van der Waals surface area contributed by atoms with Crippen molar-refractivity contribution < 1.29 is 33.9 Å². The first kappa shape index (κ1) is 30.0. The lowest BCUT2D eigenvalue weighted by Gasteiger charge is -2.53. The van der Waals surface area contributed by atoms with Crippen LogP contribution in [0.4, 0.5) is 9.93 Å². The van der Waals surface area contributed by atoms with Gasteiger partial charge in [-0.1, -0.05) is 29.4 Å². The number of aromatic nitrogens is 2. The van der Waals surface area contributed by atoms with Gasteiger partial charge in [0.1, 0.15) is 23.6 Å². The number of aliphatic carboxylic acids is 1. The molecule has 1 aromatic carbocycles. The first-order valence-corrected chi connectivity index (χ1v) is 14.4. The van der Waals surface area contributed by atoms with Gasteiger partial charge in [-0.15, -0.1) is 11.8 Å². The molecular formula is C25H31N7O7S2. The number of carboxylic acid groups (broad SMARTS) is 1. The number of benzene rings is 1. The first-order chi connectivity index (χ1) is 19.3. The zero-order valence-corrected chi connectivity index (χ0v) is 24.5. The zero-order chi connectivity index (χ0) is 29.9. The van der Waals surface area contributed by atoms with Crippen molar-refractivity contribution in [3.8, 4) is 0 Å². The molecular weight excluding hydrogens is 574 g/mol. The van der Waals surface area contributed by atoms with Crippen LogP contribution in [0.2, 0.25) is 0 Å². The maximum atomic E-state index is 13.2. The number of carbonyl (C=O) groups is 4. The Balaban J connectivity index is 1.36. The van der Waals surface area contributed by atoms with Crippen LogP contribution in [-0.2, 0) is 37.1 Å². The highest BCUT2D eigenvalue weighted by Gasteiger charge is 2.56. The van der Waals surface area contributed by atoms with Crippen molar-refractivity contribution in [3.63, 3.8) is 0 Å². The number of nitrogen functional groups attached to an aromatic ring is 1. The van der Waals surface area contributed by atoms with E-state index in [0.29, 0.717) is 5.75 Å². The molecule has 3 heterocycles. The Morgan fingerprint density at radius 2 is 1.93 bits per heavy atom. The Morgan fingerprint density at radius 3 is 2.54 bits per heavy atom. The molecule has 14 nitrogen and oxygen atoms in total. The van der Waals surface area contributed by atoms with E-state index in [1.807, 2.05) is 0 Å². The number of β-lactam (4-membered cyclic amide) rings is 1. The minimum atomic E-state index is -1.05. The van der Waals surface area contributed by atoms with Crippen LogP contribution in [0.15, 0.2) is 29.4 Å². The molecule has 2 saturated heterocycles. The number of rotatable bonds is 9. The van der Waals surface area contributed by atoms with Crippen LogP contribution in [0.25, 0.3) is 0 Å². The average Bonchev–Trinajstić information content (AvgIpc) is 3.33. The van der Waals surface area contributed by atoms with E-state index in [9.17, 15) is 24.3 Å². The zero-order valence-electron chi connectivity index (χ0n) is 22.9. The standard InChI is InChI=1S/C25H31N7O7S2/c1-24(2,3)39-23(37)27-9-13-5-7-14(8-6-13)10-38-30-15(17-29-22(26)41-31-17)18(33)28-16-19(34)32-11-25(4,21(35)36)12-40-20(16)32/h5-8,16,20H,9-12H2,1-4H3,(H,27,37)(H,28,33)(H,35,36)(H2,26,29,31)/t16?,20-,25?/m1/s1. The Labute approximate surface area is 244 Å². The molecule has 3 atom stereocenters. The number of thioether (sulfide) groups is 1. The Bertz CT molecular complexity index is 1360. The van der Waals surface area contributed by atoms with Gasteiger partial charge < -0.3 is 35.9 Å². The summed E-state index contributed by atoms with van der Waals surface area (Å²) in [6, 6.07) is 6.33. The van der Waals surface area contributed by atoms with Crippen LogP contribution in [-0.4, -0.2) is 78.3 Å². The molecule has 41 heavy (non-hydrogen) atoms. The van der Waals surface area contributed by atoms with Gasteiger partial charge in [0.2, 0.25) is 17.4 Å². The van der Waals surface area contributed by atoms with E-state index >= 15 is 0 Å². The molecule has 0 aliphatic carbocycles. The first-order valence-electron chi connectivity index (χ1n) is 12.6. The third kappa shape index (κ3) is 7.24. The molecule has 0 saturated carbocycles. The molecule has 220 valence electrons. The van der Waals surface area contributed by atoms with Gasteiger partial charge >= 0.3 is 12.1 Å². The predicted octanol–water partition coefficient (Wildman–Crippen LogP) is 1.56. The minimum absolute atomic E-state index is 0.0125. The van der Waals surface area contributed by atoms with Gasteiger partial charge in [-0.2, -0.15) is 9.36 Å². The molecule has 4 rings (SSSR count). The topological polar surface area (TPSA) is 198 Å². The quantitative estimate of drug-likeness (QED) is 0.184. The molecule has 2 aromatic rings. The van der Waals surface area contributed by atoms with E-state index in [2.05, 4.69) is 25.1 Å². The number of carbonyl (C=O) groups excluding carboxylic acids is 3. The number of oxime groups is 1. The molecule has 2 aliphatic rings. The molecule has 3 amide bonds. The normalized spacial score (nSPS) is 22.3. The minimum Gasteiger partial charge on any atom is -0.481 e. The molecule has 5 N–H and O–H groups in total. The molecule has 2 aliphatic heterocycles. The van der Waals surface area contributed by atoms with E-state index in [1.165, 1.54) is 16.7 Å². The van der Waals surface area contributed by atoms with Crippen LogP contribution in [0.1, 0.15) is 44.6 Å². The van der Waals surface area contributed by atoms with Crippen molar-refractivity contribution in [2.24, 2.45) is 10.6 Å². The summed E-state index contributed by atoms with van der Waals surface area (Å²) in [6.07, 6.45) is -0.515. The monoisotopic (exact) mass is 605 g/mol. The molecule has 1 aromatic heterocycles. The third-order valence-electron chi connectivity index (χ3n) is 6.15. The van der Waals surface area contributed by atoms with Crippen LogP contribution in [0.3, 0.4) is 0 Å². The second kappa shape index (κ2) is 11.9. The fraction of sp³-hybridized carbons (Fsp3) is 0.480. The van der Waals surface area contributed by atoms with Crippen molar-refractivity contribution in [2.45, 2.75) is 57.9 Å². The number of ether oxygens (including phenoxy) is 1. The van der Waals surface area contributed by atoms with Crippen molar-refractivity contribution in [2.75, 3.05) is 18.0 Å². The maximum absolute atomic E-state index is 13.2. The van der Waals surface area contributed by atoms with Crippen LogP contribution < -0.4 is 16.4 Å². The smallest absolute Gasteiger partial charge is 0.407 e. The molecule has 0 bridgehead atoms. The van der Waals surface area contributed by atoms with Gasteiger partial charge in [-0.3, -0.25) is 14.4 Å². The highest BCUT2D eigenvalue weighted by molar-refractivity contribution is 8.00. The van der Waals surface area contributed by atoms with E-state index < -0.39 is 40.4 Å². The van der Waals surface area contributed by atoms with E-state index in [4.69, 9.17) is 15.3 Å². The van der Waals surface area contributed by atoms with Gasteiger partial charge in [0.25, 0.3) is 5.91 Å². The number of nitrogens with one attached hydrogen (secondary N) is 2. The summed E-state index contributed by atoms with van der Waals surface area (Å²) < 4.78 is 9.27. The van der Waals surface area contributed by atoms with Crippen molar-refractivity contribution in [1.82, 2.24) is 24.9 Å². The van der Waals surface area contributed by atoms with Crippen LogP contribution >= 0.6 is 23.3 Å². The van der Waals surface area contributed by atoms with E-state index in [1.54, 1.807) is 52.0 Å². The number of fused-ring (bicyclic) bond motifs is 1. The molecule has 16 heteroatoms.